The normalized spacial score (nSPS) is 12.4. The summed E-state index contributed by atoms with van der Waals surface area (Å²) in [5.74, 6) is -1.87. The number of anilines is 1. The molecule has 4 heteroatoms. The van der Waals surface area contributed by atoms with Crippen LogP contribution in [0.3, 0.4) is 0 Å². The molecular weight excluding hydrogens is 288 g/mol. The van der Waals surface area contributed by atoms with Gasteiger partial charge in [0.15, 0.2) is 0 Å². The third-order valence-corrected chi connectivity index (χ3v) is 4.08. The number of halogens is 2. The minimum absolute atomic E-state index is 0.493. The summed E-state index contributed by atoms with van der Waals surface area (Å²) in [5.41, 5.74) is 2.30. The minimum atomic E-state index is -2.37. The second kappa shape index (κ2) is 8.03. The fraction of sp³-hybridized carbons (Fsp3) is 0.294. The number of hydrogen-bond donors (Lipinski definition) is 1. The molecule has 0 aliphatic heterocycles. The van der Waals surface area contributed by atoms with Gasteiger partial charge in [0.25, 0.3) is 5.76 Å². The Morgan fingerprint density at radius 1 is 1.00 bits per heavy atom. The van der Waals surface area contributed by atoms with E-state index in [2.05, 4.69) is 36.5 Å². The van der Waals surface area contributed by atoms with Crippen molar-refractivity contribution in [2.75, 3.05) is 11.9 Å². The zero-order chi connectivity index (χ0) is 15.1. The predicted molar refractivity (Wildman–Crippen MR) is 86.3 cm³/mol. The lowest BCUT2D eigenvalue weighted by Gasteiger charge is -2.13. The van der Waals surface area contributed by atoms with Crippen molar-refractivity contribution in [3.63, 3.8) is 0 Å². The quantitative estimate of drug-likeness (QED) is 0.667. The van der Waals surface area contributed by atoms with Gasteiger partial charge in [-0.15, -0.1) is 0 Å². The number of alkyl halides is 2. The summed E-state index contributed by atoms with van der Waals surface area (Å²) in [5, 5.41) is 3.33. The van der Waals surface area contributed by atoms with E-state index in [1.54, 1.807) is 12.1 Å². The average molecular weight is 307 g/mol. The van der Waals surface area contributed by atoms with Crippen LogP contribution in [0.1, 0.15) is 24.8 Å². The maximum Gasteiger partial charge on any atom is 0.288 e. The van der Waals surface area contributed by atoms with Crippen LogP contribution in [0.2, 0.25) is 0 Å². The molecule has 1 unspecified atom stereocenters. The van der Waals surface area contributed by atoms with Gasteiger partial charge in [-0.3, -0.25) is 0 Å². The Morgan fingerprint density at radius 2 is 1.67 bits per heavy atom. The Balaban J connectivity index is 1.78. The standard InChI is InChI=1S/C17H19F2NS/c1-13(14-5-3-2-4-6-14)11-12-20-15-7-9-16(10-8-15)21-17(18)19/h2-10,13,17,20H,11-12H2,1H3. The fourth-order valence-electron chi connectivity index (χ4n) is 2.14. The van der Waals surface area contributed by atoms with Gasteiger partial charge in [-0.2, -0.15) is 8.78 Å². The van der Waals surface area contributed by atoms with Crippen LogP contribution in [0.5, 0.6) is 0 Å². The summed E-state index contributed by atoms with van der Waals surface area (Å²) >= 11 is 0.572. The van der Waals surface area contributed by atoms with Crippen LogP contribution in [-0.2, 0) is 0 Å². The van der Waals surface area contributed by atoms with E-state index in [9.17, 15) is 8.78 Å². The van der Waals surface area contributed by atoms with Gasteiger partial charge in [0.1, 0.15) is 0 Å². The summed E-state index contributed by atoms with van der Waals surface area (Å²) in [4.78, 5) is 0.591. The Hall–Kier alpha value is -1.55. The molecule has 0 radical (unpaired) electrons. The average Bonchev–Trinajstić information content (AvgIpc) is 2.49. The van der Waals surface area contributed by atoms with Crippen LogP contribution >= 0.6 is 11.8 Å². The van der Waals surface area contributed by atoms with E-state index in [1.807, 2.05) is 18.2 Å². The van der Waals surface area contributed by atoms with Gasteiger partial charge >= 0.3 is 0 Å². The molecule has 0 fully saturated rings. The monoisotopic (exact) mass is 307 g/mol. The van der Waals surface area contributed by atoms with Crippen molar-refractivity contribution in [3.8, 4) is 0 Å². The maximum absolute atomic E-state index is 12.2. The van der Waals surface area contributed by atoms with Gasteiger partial charge in [0.2, 0.25) is 0 Å². The van der Waals surface area contributed by atoms with Crippen molar-refractivity contribution in [1.29, 1.82) is 0 Å². The van der Waals surface area contributed by atoms with Crippen molar-refractivity contribution in [3.05, 3.63) is 60.2 Å². The first-order valence-corrected chi connectivity index (χ1v) is 7.87. The molecule has 0 aliphatic carbocycles. The van der Waals surface area contributed by atoms with Crippen LogP contribution in [0.4, 0.5) is 14.5 Å². The van der Waals surface area contributed by atoms with Gasteiger partial charge in [-0.25, -0.2) is 0 Å². The highest BCUT2D eigenvalue weighted by atomic mass is 32.2. The molecule has 0 spiro atoms. The van der Waals surface area contributed by atoms with Gasteiger partial charge in [-0.1, -0.05) is 49.0 Å². The Kier molecular flexibility index (Phi) is 6.05. The summed E-state index contributed by atoms with van der Waals surface area (Å²) < 4.78 is 24.4. The molecule has 2 aromatic carbocycles. The molecule has 0 saturated heterocycles. The number of rotatable bonds is 7. The summed E-state index contributed by atoms with van der Waals surface area (Å²) in [6.07, 6.45) is 1.03. The Labute approximate surface area is 128 Å². The van der Waals surface area contributed by atoms with E-state index >= 15 is 0 Å². The summed E-state index contributed by atoms with van der Waals surface area (Å²) in [6.45, 7) is 3.07. The largest absolute Gasteiger partial charge is 0.385 e. The van der Waals surface area contributed by atoms with E-state index in [-0.39, 0.29) is 0 Å². The minimum Gasteiger partial charge on any atom is -0.385 e. The first-order chi connectivity index (χ1) is 10.1. The van der Waals surface area contributed by atoms with Crippen LogP contribution in [-0.4, -0.2) is 12.3 Å². The van der Waals surface area contributed by atoms with E-state index in [4.69, 9.17) is 0 Å². The second-order valence-corrected chi connectivity index (χ2v) is 5.99. The predicted octanol–water partition coefficient (Wildman–Crippen LogP) is 5.61. The second-order valence-electron chi connectivity index (χ2n) is 4.93. The molecule has 1 atom stereocenters. The summed E-state index contributed by atoms with van der Waals surface area (Å²) in [6, 6.07) is 17.5. The zero-order valence-corrected chi connectivity index (χ0v) is 12.7. The molecule has 21 heavy (non-hydrogen) atoms. The van der Waals surface area contributed by atoms with E-state index in [0.29, 0.717) is 22.6 Å². The van der Waals surface area contributed by atoms with Crippen LogP contribution in [0.25, 0.3) is 0 Å². The molecule has 0 saturated carbocycles. The summed E-state index contributed by atoms with van der Waals surface area (Å²) in [7, 11) is 0. The van der Waals surface area contributed by atoms with Crippen molar-refractivity contribution in [2.45, 2.75) is 29.9 Å². The lowest BCUT2D eigenvalue weighted by molar-refractivity contribution is 0.252. The molecule has 2 aromatic rings. The van der Waals surface area contributed by atoms with Crippen molar-refractivity contribution in [2.24, 2.45) is 0 Å². The van der Waals surface area contributed by atoms with Gasteiger partial charge < -0.3 is 5.32 Å². The molecule has 0 amide bonds. The SMILES string of the molecule is CC(CCNc1ccc(SC(F)F)cc1)c1ccccc1. The van der Waals surface area contributed by atoms with Crippen LogP contribution in [0, 0.1) is 0 Å². The first-order valence-electron chi connectivity index (χ1n) is 6.99. The molecule has 0 bridgehead atoms. The third-order valence-electron chi connectivity index (χ3n) is 3.35. The van der Waals surface area contributed by atoms with E-state index in [0.717, 1.165) is 18.7 Å². The molecule has 0 aliphatic rings. The zero-order valence-electron chi connectivity index (χ0n) is 11.9. The highest BCUT2D eigenvalue weighted by Crippen LogP contribution is 2.26. The fourth-order valence-corrected chi connectivity index (χ4v) is 2.63. The highest BCUT2D eigenvalue weighted by Gasteiger charge is 2.06. The lowest BCUT2D eigenvalue weighted by atomic mass is 9.98. The van der Waals surface area contributed by atoms with Gasteiger partial charge in [-0.05, 0) is 42.2 Å². The molecule has 1 N–H and O–H groups in total. The number of thioether (sulfide) groups is 1. The van der Waals surface area contributed by atoms with Crippen molar-refractivity contribution < 1.29 is 8.78 Å². The van der Waals surface area contributed by atoms with Gasteiger partial charge in [0.05, 0.1) is 0 Å². The van der Waals surface area contributed by atoms with Crippen LogP contribution < -0.4 is 5.32 Å². The Morgan fingerprint density at radius 3 is 2.29 bits per heavy atom. The number of hydrogen-bond acceptors (Lipinski definition) is 2. The van der Waals surface area contributed by atoms with E-state index in [1.165, 1.54) is 5.56 Å². The highest BCUT2D eigenvalue weighted by molar-refractivity contribution is 7.99. The van der Waals surface area contributed by atoms with Crippen molar-refractivity contribution >= 4 is 17.4 Å². The molecule has 0 heterocycles. The Bertz CT molecular complexity index is 528. The molecule has 112 valence electrons. The number of nitrogens with one attached hydrogen (secondary N) is 1. The number of benzene rings is 2. The van der Waals surface area contributed by atoms with Gasteiger partial charge in [0, 0.05) is 17.1 Å². The van der Waals surface area contributed by atoms with Crippen LogP contribution in [0.15, 0.2) is 59.5 Å². The van der Waals surface area contributed by atoms with E-state index < -0.39 is 5.76 Å². The lowest BCUT2D eigenvalue weighted by Crippen LogP contribution is -2.05. The molecule has 0 aromatic heterocycles. The molecule has 2 rings (SSSR count). The maximum atomic E-state index is 12.2. The smallest absolute Gasteiger partial charge is 0.288 e. The van der Waals surface area contributed by atoms with Crippen molar-refractivity contribution in [1.82, 2.24) is 0 Å². The molecular formula is C17H19F2NS. The third kappa shape index (κ3) is 5.38. The molecule has 1 nitrogen and oxygen atoms in total. The topological polar surface area (TPSA) is 12.0 Å². The first kappa shape index (κ1) is 15.8.